The highest BCUT2D eigenvalue weighted by Gasteiger charge is 2.34. The van der Waals surface area contributed by atoms with Crippen LogP contribution in [0.2, 0.25) is 5.02 Å². The molecule has 6 nitrogen and oxygen atoms in total. The van der Waals surface area contributed by atoms with Gasteiger partial charge in [-0.25, -0.2) is 17.2 Å². The Balaban J connectivity index is 1.77. The number of methoxy groups -OCH3 is 1. The van der Waals surface area contributed by atoms with Crippen molar-refractivity contribution in [3.8, 4) is 5.75 Å². The number of amides is 1. The number of hydrogen-bond acceptors (Lipinski definition) is 4. The molecule has 2 aromatic carbocycles. The van der Waals surface area contributed by atoms with E-state index in [4.69, 9.17) is 16.3 Å². The number of carbonyl (C=O) groups excluding carboxylic acids is 1. The number of nitrogens with zero attached hydrogens (tertiary/aromatic N) is 1. The second kappa shape index (κ2) is 8.64. The van der Waals surface area contributed by atoms with Crippen LogP contribution in [0, 0.1) is 17.6 Å². The molecule has 1 atom stereocenters. The third-order valence-corrected chi connectivity index (χ3v) is 6.88. The summed E-state index contributed by atoms with van der Waals surface area (Å²) >= 11 is 6.03. The fourth-order valence-corrected chi connectivity index (χ4v) is 5.05. The Hall–Kier alpha value is -2.23. The zero-order chi connectivity index (χ0) is 21.2. The van der Waals surface area contributed by atoms with Crippen molar-refractivity contribution in [1.82, 2.24) is 4.31 Å². The number of sulfonamides is 1. The second-order valence-corrected chi connectivity index (χ2v) is 8.93. The fraction of sp³-hybridized carbons (Fsp3) is 0.316. The SMILES string of the molecule is COc1ccc(S(=O)(=O)N2CCC[C@@H](C(=O)Nc3c(F)cccc3F)C2)cc1Cl. The Morgan fingerprint density at radius 2 is 1.93 bits per heavy atom. The van der Waals surface area contributed by atoms with Crippen LogP contribution in [0.4, 0.5) is 14.5 Å². The summed E-state index contributed by atoms with van der Waals surface area (Å²) in [4.78, 5) is 12.5. The van der Waals surface area contributed by atoms with Crippen LogP contribution in [-0.2, 0) is 14.8 Å². The lowest BCUT2D eigenvalue weighted by Crippen LogP contribution is -2.43. The van der Waals surface area contributed by atoms with E-state index in [2.05, 4.69) is 5.32 Å². The van der Waals surface area contributed by atoms with E-state index >= 15 is 0 Å². The number of benzene rings is 2. The molecule has 1 amide bonds. The summed E-state index contributed by atoms with van der Waals surface area (Å²) in [6.45, 7) is 0.123. The van der Waals surface area contributed by atoms with Crippen molar-refractivity contribution in [2.45, 2.75) is 17.7 Å². The molecule has 2 aromatic rings. The number of ether oxygens (including phenoxy) is 1. The fourth-order valence-electron chi connectivity index (χ4n) is 3.17. The van der Waals surface area contributed by atoms with Crippen LogP contribution in [0.5, 0.6) is 5.75 Å². The standard InChI is InChI=1S/C19H19ClF2N2O4S/c1-28-17-8-7-13(10-14(17)20)29(26,27)24-9-3-4-12(11-24)19(25)23-18-15(21)5-2-6-16(18)22/h2,5-8,10,12H,3-4,9,11H2,1H3,(H,23,25)/t12-/m1/s1. The summed E-state index contributed by atoms with van der Waals surface area (Å²) in [7, 11) is -2.48. The number of anilines is 1. The molecular formula is C19H19ClF2N2O4S. The average molecular weight is 445 g/mol. The van der Waals surface area contributed by atoms with Crippen LogP contribution >= 0.6 is 11.6 Å². The number of rotatable bonds is 5. The minimum Gasteiger partial charge on any atom is -0.495 e. The first kappa shape index (κ1) is 21.5. The van der Waals surface area contributed by atoms with Gasteiger partial charge in [-0.15, -0.1) is 0 Å². The quantitative estimate of drug-likeness (QED) is 0.763. The summed E-state index contributed by atoms with van der Waals surface area (Å²) < 4.78 is 59.7. The minimum atomic E-state index is -3.90. The Morgan fingerprint density at radius 1 is 1.24 bits per heavy atom. The molecule has 0 aliphatic carbocycles. The van der Waals surface area contributed by atoms with Gasteiger partial charge in [0.15, 0.2) is 0 Å². The van der Waals surface area contributed by atoms with Gasteiger partial charge in [-0.1, -0.05) is 17.7 Å². The summed E-state index contributed by atoms with van der Waals surface area (Å²) in [6, 6.07) is 7.36. The number of para-hydroxylation sites is 1. The van der Waals surface area contributed by atoms with Gasteiger partial charge in [-0.3, -0.25) is 4.79 Å². The number of carbonyl (C=O) groups is 1. The van der Waals surface area contributed by atoms with Crippen LogP contribution in [0.25, 0.3) is 0 Å². The van der Waals surface area contributed by atoms with Crippen LogP contribution in [0.3, 0.4) is 0 Å². The van der Waals surface area contributed by atoms with E-state index in [0.717, 1.165) is 12.1 Å². The zero-order valence-corrected chi connectivity index (χ0v) is 17.1. The normalized spacial score (nSPS) is 17.7. The molecule has 0 unspecified atom stereocenters. The van der Waals surface area contributed by atoms with Crippen molar-refractivity contribution >= 4 is 33.2 Å². The smallest absolute Gasteiger partial charge is 0.243 e. The Labute approximate surface area is 172 Å². The zero-order valence-electron chi connectivity index (χ0n) is 15.5. The number of halogens is 3. The van der Waals surface area contributed by atoms with E-state index in [0.29, 0.717) is 18.6 Å². The second-order valence-electron chi connectivity index (χ2n) is 6.58. The third-order valence-electron chi connectivity index (χ3n) is 4.73. The Kier molecular flexibility index (Phi) is 6.40. The first-order chi connectivity index (χ1) is 13.7. The average Bonchev–Trinajstić information content (AvgIpc) is 2.70. The molecule has 29 heavy (non-hydrogen) atoms. The predicted octanol–water partition coefficient (Wildman–Crippen LogP) is 3.67. The lowest BCUT2D eigenvalue weighted by atomic mass is 9.98. The molecule has 0 aromatic heterocycles. The van der Waals surface area contributed by atoms with E-state index in [1.165, 1.54) is 35.7 Å². The highest BCUT2D eigenvalue weighted by atomic mass is 35.5. The van der Waals surface area contributed by atoms with E-state index < -0.39 is 39.2 Å². The number of hydrogen-bond donors (Lipinski definition) is 1. The highest BCUT2D eigenvalue weighted by Crippen LogP contribution is 2.30. The number of piperidine rings is 1. The molecule has 0 saturated carbocycles. The molecule has 1 saturated heterocycles. The molecule has 0 bridgehead atoms. The number of nitrogens with one attached hydrogen (secondary N) is 1. The first-order valence-electron chi connectivity index (χ1n) is 8.82. The van der Waals surface area contributed by atoms with Gasteiger partial charge in [0.2, 0.25) is 15.9 Å². The van der Waals surface area contributed by atoms with Crippen molar-refractivity contribution in [2.24, 2.45) is 5.92 Å². The summed E-state index contributed by atoms with van der Waals surface area (Å²) in [5.41, 5.74) is -0.542. The molecule has 156 valence electrons. The van der Waals surface area contributed by atoms with Gasteiger partial charge >= 0.3 is 0 Å². The van der Waals surface area contributed by atoms with E-state index in [9.17, 15) is 22.0 Å². The minimum absolute atomic E-state index is 0.0236. The topological polar surface area (TPSA) is 75.7 Å². The lowest BCUT2D eigenvalue weighted by molar-refractivity contribution is -0.120. The van der Waals surface area contributed by atoms with Crippen molar-refractivity contribution in [1.29, 1.82) is 0 Å². The molecule has 10 heteroatoms. The molecule has 1 fully saturated rings. The van der Waals surface area contributed by atoms with Gasteiger partial charge in [0, 0.05) is 13.1 Å². The van der Waals surface area contributed by atoms with Crippen molar-refractivity contribution in [3.63, 3.8) is 0 Å². The highest BCUT2D eigenvalue weighted by molar-refractivity contribution is 7.89. The molecule has 3 rings (SSSR count). The molecular weight excluding hydrogens is 426 g/mol. The molecule has 0 spiro atoms. The van der Waals surface area contributed by atoms with Gasteiger partial charge in [-0.2, -0.15) is 4.31 Å². The maximum Gasteiger partial charge on any atom is 0.243 e. The predicted molar refractivity (Wildman–Crippen MR) is 104 cm³/mol. The van der Waals surface area contributed by atoms with Gasteiger partial charge in [-0.05, 0) is 43.2 Å². The summed E-state index contributed by atoms with van der Waals surface area (Å²) in [5, 5.41) is 2.38. The van der Waals surface area contributed by atoms with Gasteiger partial charge in [0.25, 0.3) is 0 Å². The molecule has 1 aliphatic rings. The van der Waals surface area contributed by atoms with Gasteiger partial charge in [0.1, 0.15) is 23.1 Å². The summed E-state index contributed by atoms with van der Waals surface area (Å²) in [6.07, 6.45) is 0.832. The van der Waals surface area contributed by atoms with Crippen molar-refractivity contribution in [3.05, 3.63) is 53.1 Å². The summed E-state index contributed by atoms with van der Waals surface area (Å²) in [5.74, 6) is -2.83. The van der Waals surface area contributed by atoms with Crippen molar-refractivity contribution in [2.75, 3.05) is 25.5 Å². The van der Waals surface area contributed by atoms with Crippen LogP contribution in [-0.4, -0.2) is 38.8 Å². The third kappa shape index (κ3) is 4.52. The van der Waals surface area contributed by atoms with E-state index in [-0.39, 0.29) is 23.0 Å². The van der Waals surface area contributed by atoms with Gasteiger partial charge in [0.05, 0.1) is 22.9 Å². The van der Waals surface area contributed by atoms with E-state index in [1.54, 1.807) is 0 Å². The molecule has 1 aliphatic heterocycles. The lowest BCUT2D eigenvalue weighted by Gasteiger charge is -2.31. The van der Waals surface area contributed by atoms with Crippen LogP contribution in [0.15, 0.2) is 41.3 Å². The largest absolute Gasteiger partial charge is 0.495 e. The Morgan fingerprint density at radius 3 is 2.55 bits per heavy atom. The molecule has 1 N–H and O–H groups in total. The van der Waals surface area contributed by atoms with Crippen molar-refractivity contribution < 1.29 is 26.7 Å². The maximum absolute atomic E-state index is 13.8. The van der Waals surface area contributed by atoms with Crippen LogP contribution in [0.1, 0.15) is 12.8 Å². The molecule has 0 radical (unpaired) electrons. The maximum atomic E-state index is 13.8. The first-order valence-corrected chi connectivity index (χ1v) is 10.6. The molecule has 1 heterocycles. The Bertz CT molecular complexity index is 1010. The van der Waals surface area contributed by atoms with Gasteiger partial charge < -0.3 is 10.1 Å². The van der Waals surface area contributed by atoms with Crippen LogP contribution < -0.4 is 10.1 Å². The van der Waals surface area contributed by atoms with E-state index in [1.807, 2.05) is 0 Å². The monoisotopic (exact) mass is 444 g/mol.